The number of rotatable bonds is 4. The molecule has 1 aromatic carbocycles. The molecule has 5 nitrogen and oxygen atoms in total. The Morgan fingerprint density at radius 2 is 1.96 bits per heavy atom. The van der Waals surface area contributed by atoms with Gasteiger partial charge < -0.3 is 9.32 Å². The van der Waals surface area contributed by atoms with Crippen molar-refractivity contribution in [2.45, 2.75) is 0 Å². The van der Waals surface area contributed by atoms with E-state index >= 15 is 0 Å². The molecular formula is C18H15N3O2S. The lowest BCUT2D eigenvalue weighted by atomic mass is 10.2. The normalized spacial score (nSPS) is 13.4. The SMILES string of the molecule is O=C(Nc1nc(-c2ccco2)cs1)c1ccc(N2CC=CC2)cc1. The summed E-state index contributed by atoms with van der Waals surface area (Å²) in [5.74, 6) is 0.525. The van der Waals surface area contributed by atoms with Gasteiger partial charge in [-0.1, -0.05) is 12.2 Å². The third kappa shape index (κ3) is 2.96. The molecule has 1 aliphatic heterocycles. The van der Waals surface area contributed by atoms with Crippen LogP contribution in [0.2, 0.25) is 0 Å². The van der Waals surface area contributed by atoms with Crippen molar-refractivity contribution in [1.29, 1.82) is 0 Å². The van der Waals surface area contributed by atoms with E-state index in [2.05, 4.69) is 27.4 Å². The molecule has 0 atom stereocenters. The average Bonchev–Trinajstić information content (AvgIpc) is 3.36. The standard InChI is InChI=1S/C18H15N3O2S/c22-17(13-5-7-14(8-6-13)21-9-1-2-10-21)20-18-19-15(12-24-18)16-4-3-11-23-16/h1-8,11-12H,9-10H2,(H,19,20,22). The Morgan fingerprint density at radius 1 is 1.17 bits per heavy atom. The molecule has 0 aliphatic carbocycles. The van der Waals surface area contributed by atoms with Crippen LogP contribution in [0.3, 0.4) is 0 Å². The number of aromatic nitrogens is 1. The van der Waals surface area contributed by atoms with Crippen molar-refractivity contribution in [3.63, 3.8) is 0 Å². The first-order valence-electron chi connectivity index (χ1n) is 7.60. The molecule has 0 bridgehead atoms. The van der Waals surface area contributed by atoms with Crippen molar-refractivity contribution in [3.05, 3.63) is 65.8 Å². The summed E-state index contributed by atoms with van der Waals surface area (Å²) in [5.41, 5.74) is 2.45. The number of furan rings is 1. The molecule has 4 rings (SSSR count). The minimum atomic E-state index is -0.165. The molecule has 3 aromatic rings. The number of carbonyl (C=O) groups is 1. The van der Waals surface area contributed by atoms with Gasteiger partial charge in [0.05, 0.1) is 6.26 Å². The Kier molecular flexibility index (Phi) is 3.88. The number of nitrogens with one attached hydrogen (secondary N) is 1. The fraction of sp³-hybridized carbons (Fsp3) is 0.111. The topological polar surface area (TPSA) is 58.4 Å². The lowest BCUT2D eigenvalue weighted by Gasteiger charge is -2.17. The van der Waals surface area contributed by atoms with Crippen LogP contribution in [0.5, 0.6) is 0 Å². The fourth-order valence-electron chi connectivity index (χ4n) is 2.55. The Labute approximate surface area is 143 Å². The van der Waals surface area contributed by atoms with Crippen LogP contribution in [0.25, 0.3) is 11.5 Å². The number of hydrogen-bond acceptors (Lipinski definition) is 5. The lowest BCUT2D eigenvalue weighted by Crippen LogP contribution is -2.18. The molecule has 0 saturated heterocycles. The Morgan fingerprint density at radius 3 is 2.67 bits per heavy atom. The summed E-state index contributed by atoms with van der Waals surface area (Å²) in [5, 5.41) is 5.24. The molecule has 120 valence electrons. The van der Waals surface area contributed by atoms with Crippen LogP contribution in [0, 0.1) is 0 Å². The van der Waals surface area contributed by atoms with Gasteiger partial charge in [-0.15, -0.1) is 11.3 Å². The van der Waals surface area contributed by atoms with Gasteiger partial charge in [-0.05, 0) is 36.4 Å². The second-order valence-electron chi connectivity index (χ2n) is 5.39. The van der Waals surface area contributed by atoms with Crippen LogP contribution in [0.15, 0.2) is 64.6 Å². The van der Waals surface area contributed by atoms with Gasteiger partial charge in [-0.25, -0.2) is 4.98 Å². The van der Waals surface area contributed by atoms with Gasteiger partial charge in [-0.2, -0.15) is 0 Å². The number of anilines is 2. The number of hydrogen-bond donors (Lipinski definition) is 1. The van der Waals surface area contributed by atoms with Crippen LogP contribution in [0.1, 0.15) is 10.4 Å². The molecule has 0 spiro atoms. The highest BCUT2D eigenvalue weighted by Gasteiger charge is 2.12. The number of nitrogens with zero attached hydrogens (tertiary/aromatic N) is 2. The highest BCUT2D eigenvalue weighted by Crippen LogP contribution is 2.25. The predicted molar refractivity (Wildman–Crippen MR) is 95.6 cm³/mol. The number of benzene rings is 1. The van der Waals surface area contributed by atoms with Crippen molar-refractivity contribution in [1.82, 2.24) is 4.98 Å². The van der Waals surface area contributed by atoms with Gasteiger partial charge in [-0.3, -0.25) is 10.1 Å². The van der Waals surface area contributed by atoms with Crippen molar-refractivity contribution in [2.24, 2.45) is 0 Å². The van der Waals surface area contributed by atoms with E-state index in [1.54, 1.807) is 6.26 Å². The maximum absolute atomic E-state index is 12.3. The number of amides is 1. The summed E-state index contributed by atoms with van der Waals surface area (Å²) < 4.78 is 5.31. The summed E-state index contributed by atoms with van der Waals surface area (Å²) in [4.78, 5) is 19.0. The van der Waals surface area contributed by atoms with Crippen LogP contribution in [-0.4, -0.2) is 24.0 Å². The minimum Gasteiger partial charge on any atom is -0.463 e. The first-order valence-corrected chi connectivity index (χ1v) is 8.48. The Hall–Kier alpha value is -2.86. The smallest absolute Gasteiger partial charge is 0.257 e. The zero-order valence-corrected chi connectivity index (χ0v) is 13.6. The lowest BCUT2D eigenvalue weighted by molar-refractivity contribution is 0.102. The third-order valence-electron chi connectivity index (χ3n) is 3.81. The third-order valence-corrected chi connectivity index (χ3v) is 4.57. The van der Waals surface area contributed by atoms with E-state index in [-0.39, 0.29) is 5.91 Å². The second-order valence-corrected chi connectivity index (χ2v) is 6.25. The van der Waals surface area contributed by atoms with Crippen LogP contribution >= 0.6 is 11.3 Å². The van der Waals surface area contributed by atoms with Gasteiger partial charge in [0.25, 0.3) is 5.91 Å². The molecule has 1 amide bonds. The van der Waals surface area contributed by atoms with Crippen molar-refractivity contribution in [2.75, 3.05) is 23.3 Å². The van der Waals surface area contributed by atoms with E-state index in [1.165, 1.54) is 11.3 Å². The van der Waals surface area contributed by atoms with Crippen LogP contribution < -0.4 is 10.2 Å². The maximum Gasteiger partial charge on any atom is 0.257 e. The summed E-state index contributed by atoms with van der Waals surface area (Å²) >= 11 is 1.37. The molecule has 3 heterocycles. The Balaban J connectivity index is 1.44. The highest BCUT2D eigenvalue weighted by atomic mass is 32.1. The summed E-state index contributed by atoms with van der Waals surface area (Å²) in [6.07, 6.45) is 5.88. The first kappa shape index (κ1) is 14.7. The van der Waals surface area contributed by atoms with Crippen LogP contribution in [0.4, 0.5) is 10.8 Å². The van der Waals surface area contributed by atoms with Crippen molar-refractivity contribution < 1.29 is 9.21 Å². The van der Waals surface area contributed by atoms with Crippen molar-refractivity contribution >= 4 is 28.1 Å². The van der Waals surface area contributed by atoms with E-state index in [1.807, 2.05) is 41.8 Å². The number of thiazole rings is 1. The Bertz CT molecular complexity index is 858. The van der Waals surface area contributed by atoms with E-state index in [9.17, 15) is 4.79 Å². The van der Waals surface area contributed by atoms with Gasteiger partial charge >= 0.3 is 0 Å². The molecule has 0 saturated carbocycles. The quantitative estimate of drug-likeness (QED) is 0.730. The van der Waals surface area contributed by atoms with Gasteiger partial charge in [0, 0.05) is 29.7 Å². The molecule has 0 unspecified atom stereocenters. The molecule has 6 heteroatoms. The van der Waals surface area contributed by atoms with E-state index in [4.69, 9.17) is 4.42 Å². The fourth-order valence-corrected chi connectivity index (χ4v) is 3.25. The second kappa shape index (κ2) is 6.33. The van der Waals surface area contributed by atoms with Gasteiger partial charge in [0.15, 0.2) is 10.9 Å². The zero-order chi connectivity index (χ0) is 16.4. The van der Waals surface area contributed by atoms with Gasteiger partial charge in [0.1, 0.15) is 5.69 Å². The van der Waals surface area contributed by atoms with Crippen LogP contribution in [-0.2, 0) is 0 Å². The summed E-state index contributed by atoms with van der Waals surface area (Å²) in [6.45, 7) is 1.83. The summed E-state index contributed by atoms with van der Waals surface area (Å²) in [7, 11) is 0. The minimum absolute atomic E-state index is 0.165. The molecule has 1 aliphatic rings. The largest absolute Gasteiger partial charge is 0.463 e. The molecule has 24 heavy (non-hydrogen) atoms. The number of carbonyl (C=O) groups excluding carboxylic acids is 1. The molecule has 0 radical (unpaired) electrons. The van der Waals surface area contributed by atoms with E-state index in [0.29, 0.717) is 16.5 Å². The highest BCUT2D eigenvalue weighted by molar-refractivity contribution is 7.14. The summed E-state index contributed by atoms with van der Waals surface area (Å²) in [6, 6.07) is 11.3. The zero-order valence-electron chi connectivity index (χ0n) is 12.8. The first-order chi connectivity index (χ1) is 11.8. The molecule has 0 fully saturated rings. The van der Waals surface area contributed by atoms with Gasteiger partial charge in [0.2, 0.25) is 0 Å². The van der Waals surface area contributed by atoms with Crippen molar-refractivity contribution in [3.8, 4) is 11.5 Å². The maximum atomic E-state index is 12.3. The van der Waals surface area contributed by atoms with E-state index in [0.717, 1.165) is 24.5 Å². The predicted octanol–water partition coefficient (Wildman–Crippen LogP) is 4.03. The molecular weight excluding hydrogens is 322 g/mol. The molecule has 1 N–H and O–H groups in total. The average molecular weight is 337 g/mol. The monoisotopic (exact) mass is 337 g/mol. The van der Waals surface area contributed by atoms with E-state index < -0.39 is 0 Å². The molecule has 2 aromatic heterocycles.